The summed E-state index contributed by atoms with van der Waals surface area (Å²) >= 11 is 0. The minimum absolute atomic E-state index is 0.00731. The van der Waals surface area contributed by atoms with E-state index in [0.29, 0.717) is 6.42 Å². The van der Waals surface area contributed by atoms with Gasteiger partial charge in [0.25, 0.3) is 0 Å². The summed E-state index contributed by atoms with van der Waals surface area (Å²) < 4.78 is 0. The summed E-state index contributed by atoms with van der Waals surface area (Å²) in [4.78, 5) is 21.7. The Morgan fingerprint density at radius 1 is 0.586 bits per heavy atom. The van der Waals surface area contributed by atoms with Gasteiger partial charge in [0.2, 0.25) is 0 Å². The third kappa shape index (κ3) is 17.5. The monoisotopic (exact) mass is 414 g/mol. The highest BCUT2D eigenvalue weighted by Crippen LogP contribution is 2.21. The van der Waals surface area contributed by atoms with Crippen LogP contribution in [0.25, 0.3) is 0 Å². The normalized spacial score (nSPS) is 13.3. The van der Waals surface area contributed by atoms with Crippen LogP contribution in [-0.4, -0.2) is 32.9 Å². The summed E-state index contributed by atoms with van der Waals surface area (Å²) in [5.41, 5.74) is -2.12. The van der Waals surface area contributed by atoms with E-state index in [1.807, 2.05) is 0 Å². The first-order valence-electron chi connectivity index (χ1n) is 12.1. The molecule has 5 nitrogen and oxygen atoms in total. The average molecular weight is 415 g/mol. The van der Waals surface area contributed by atoms with Gasteiger partial charge in [-0.2, -0.15) is 0 Å². The number of aliphatic hydroxyl groups is 1. The van der Waals surface area contributed by atoms with E-state index in [1.54, 1.807) is 0 Å². The van der Waals surface area contributed by atoms with Crippen molar-refractivity contribution in [2.45, 2.75) is 141 Å². The van der Waals surface area contributed by atoms with Crippen molar-refractivity contribution >= 4 is 11.9 Å². The summed E-state index contributed by atoms with van der Waals surface area (Å²) in [7, 11) is 0. The number of carboxylic acids is 2. The van der Waals surface area contributed by atoms with Crippen LogP contribution in [0.3, 0.4) is 0 Å². The van der Waals surface area contributed by atoms with E-state index < -0.39 is 24.0 Å². The van der Waals surface area contributed by atoms with Crippen LogP contribution in [0.2, 0.25) is 0 Å². The summed E-state index contributed by atoms with van der Waals surface area (Å²) in [6.07, 6.45) is 21.8. The Labute approximate surface area is 178 Å². The maximum Gasteiger partial charge on any atom is 0.336 e. The maximum absolute atomic E-state index is 11.1. The molecule has 0 radical (unpaired) electrons. The SMILES string of the molecule is CCCCCCCCCCCCCCCCCCCCC(O)(CC(=O)O)C(=O)O. The first-order valence-corrected chi connectivity index (χ1v) is 12.1. The number of hydrogen-bond donors (Lipinski definition) is 3. The number of carboxylic acid groups (broad SMARTS) is 2. The molecule has 0 aliphatic carbocycles. The lowest BCUT2D eigenvalue weighted by atomic mass is 9.92. The average Bonchev–Trinajstić information content (AvgIpc) is 2.66. The predicted molar refractivity (Wildman–Crippen MR) is 118 cm³/mol. The lowest BCUT2D eigenvalue weighted by molar-refractivity contribution is -0.166. The molecule has 0 rings (SSSR count). The second kappa shape index (κ2) is 18.9. The maximum atomic E-state index is 11.1. The quantitative estimate of drug-likeness (QED) is 0.171. The van der Waals surface area contributed by atoms with E-state index in [-0.39, 0.29) is 6.42 Å². The molecule has 0 amide bonds. The molecule has 0 aliphatic rings. The standard InChI is InChI=1S/C24H46O5/c1-2-3-4-5-6-7-8-9-10-11-12-13-14-15-16-17-18-19-20-24(29,23(27)28)21-22(25)26/h29H,2-21H2,1H3,(H,25,26)(H,27,28). The van der Waals surface area contributed by atoms with Gasteiger partial charge in [0.1, 0.15) is 0 Å². The molecule has 29 heavy (non-hydrogen) atoms. The predicted octanol–water partition coefficient (Wildman–Crippen LogP) is 6.71. The molecule has 3 N–H and O–H groups in total. The van der Waals surface area contributed by atoms with Crippen molar-refractivity contribution < 1.29 is 24.9 Å². The zero-order valence-electron chi connectivity index (χ0n) is 18.8. The highest BCUT2D eigenvalue weighted by molar-refractivity contribution is 5.83. The van der Waals surface area contributed by atoms with E-state index in [4.69, 9.17) is 10.2 Å². The third-order valence-corrected chi connectivity index (χ3v) is 5.79. The Morgan fingerprint density at radius 2 is 0.897 bits per heavy atom. The molecule has 0 aromatic rings. The van der Waals surface area contributed by atoms with Crippen molar-refractivity contribution in [3.63, 3.8) is 0 Å². The van der Waals surface area contributed by atoms with E-state index >= 15 is 0 Å². The van der Waals surface area contributed by atoms with Gasteiger partial charge >= 0.3 is 11.9 Å². The first-order chi connectivity index (χ1) is 13.9. The van der Waals surface area contributed by atoms with Crippen LogP contribution in [0, 0.1) is 0 Å². The van der Waals surface area contributed by atoms with Crippen molar-refractivity contribution in [2.24, 2.45) is 0 Å². The number of carbonyl (C=O) groups is 2. The van der Waals surface area contributed by atoms with Crippen LogP contribution < -0.4 is 0 Å². The molecule has 0 aromatic carbocycles. The fraction of sp³-hybridized carbons (Fsp3) is 0.917. The molecular formula is C24H46O5. The minimum Gasteiger partial charge on any atom is -0.481 e. The van der Waals surface area contributed by atoms with Gasteiger partial charge in [-0.3, -0.25) is 4.79 Å². The molecule has 0 heterocycles. The smallest absolute Gasteiger partial charge is 0.336 e. The summed E-state index contributed by atoms with van der Waals surface area (Å²) in [6, 6.07) is 0. The fourth-order valence-electron chi connectivity index (χ4n) is 3.84. The van der Waals surface area contributed by atoms with E-state index in [2.05, 4.69) is 6.92 Å². The largest absolute Gasteiger partial charge is 0.481 e. The highest BCUT2D eigenvalue weighted by atomic mass is 16.4. The third-order valence-electron chi connectivity index (χ3n) is 5.79. The van der Waals surface area contributed by atoms with Crippen LogP contribution in [0.4, 0.5) is 0 Å². The molecule has 0 fully saturated rings. The van der Waals surface area contributed by atoms with Crippen molar-refractivity contribution in [2.75, 3.05) is 0 Å². The molecule has 0 aliphatic heterocycles. The Balaban J connectivity index is 3.35. The highest BCUT2D eigenvalue weighted by Gasteiger charge is 2.37. The van der Waals surface area contributed by atoms with Gasteiger partial charge in [0.05, 0.1) is 6.42 Å². The summed E-state index contributed by atoms with van der Waals surface area (Å²) in [5.74, 6) is -2.72. The van der Waals surface area contributed by atoms with Crippen molar-refractivity contribution in [1.82, 2.24) is 0 Å². The van der Waals surface area contributed by atoms with E-state index in [1.165, 1.54) is 89.9 Å². The molecule has 172 valence electrons. The second-order valence-electron chi connectivity index (χ2n) is 8.67. The minimum atomic E-state index is -2.12. The van der Waals surface area contributed by atoms with Crippen LogP contribution in [-0.2, 0) is 9.59 Å². The number of aliphatic carboxylic acids is 2. The van der Waals surface area contributed by atoms with Crippen LogP contribution in [0.5, 0.6) is 0 Å². The van der Waals surface area contributed by atoms with Gasteiger partial charge < -0.3 is 15.3 Å². The molecule has 1 unspecified atom stereocenters. The summed E-state index contributed by atoms with van der Waals surface area (Å²) in [6.45, 7) is 2.26. The number of rotatable bonds is 22. The van der Waals surface area contributed by atoms with Gasteiger partial charge in [-0.05, 0) is 12.8 Å². The Kier molecular flexibility index (Phi) is 18.2. The van der Waals surface area contributed by atoms with Gasteiger partial charge in [0.15, 0.2) is 5.60 Å². The van der Waals surface area contributed by atoms with Crippen molar-refractivity contribution in [3.05, 3.63) is 0 Å². The molecule has 0 bridgehead atoms. The van der Waals surface area contributed by atoms with Crippen LogP contribution >= 0.6 is 0 Å². The molecule has 1 atom stereocenters. The zero-order chi connectivity index (χ0) is 21.8. The Bertz CT molecular complexity index is 410. The Morgan fingerprint density at radius 3 is 1.17 bits per heavy atom. The summed E-state index contributed by atoms with van der Waals surface area (Å²) in [5, 5.41) is 27.7. The van der Waals surface area contributed by atoms with Gasteiger partial charge in [0, 0.05) is 0 Å². The molecule has 0 spiro atoms. The fourth-order valence-corrected chi connectivity index (χ4v) is 3.84. The topological polar surface area (TPSA) is 94.8 Å². The molecule has 0 saturated heterocycles. The van der Waals surface area contributed by atoms with Crippen LogP contribution in [0.15, 0.2) is 0 Å². The van der Waals surface area contributed by atoms with Crippen LogP contribution in [0.1, 0.15) is 135 Å². The van der Waals surface area contributed by atoms with Gasteiger partial charge in [-0.15, -0.1) is 0 Å². The van der Waals surface area contributed by atoms with Crippen molar-refractivity contribution in [3.8, 4) is 0 Å². The zero-order valence-corrected chi connectivity index (χ0v) is 18.8. The van der Waals surface area contributed by atoms with E-state index in [0.717, 1.165) is 19.3 Å². The molecular weight excluding hydrogens is 368 g/mol. The lowest BCUT2D eigenvalue weighted by Crippen LogP contribution is -2.40. The van der Waals surface area contributed by atoms with E-state index in [9.17, 15) is 14.7 Å². The molecule has 0 aromatic heterocycles. The first kappa shape index (κ1) is 27.9. The second-order valence-corrected chi connectivity index (χ2v) is 8.67. The molecule has 0 saturated carbocycles. The molecule has 5 heteroatoms. The number of unbranched alkanes of at least 4 members (excludes halogenated alkanes) is 17. The van der Waals surface area contributed by atoms with Gasteiger partial charge in [-0.25, -0.2) is 4.79 Å². The number of hydrogen-bond acceptors (Lipinski definition) is 3. The lowest BCUT2D eigenvalue weighted by Gasteiger charge is -2.21. The van der Waals surface area contributed by atoms with Crippen molar-refractivity contribution in [1.29, 1.82) is 0 Å². The van der Waals surface area contributed by atoms with Gasteiger partial charge in [-0.1, -0.05) is 116 Å². The Hall–Kier alpha value is -1.10.